The van der Waals surface area contributed by atoms with Gasteiger partial charge in [-0.1, -0.05) is 0 Å². The van der Waals surface area contributed by atoms with Gasteiger partial charge >= 0.3 is 5.97 Å². The molecule has 9 heteroatoms. The summed E-state index contributed by atoms with van der Waals surface area (Å²) < 4.78 is 28.2. The van der Waals surface area contributed by atoms with Crippen LogP contribution in [0.2, 0.25) is 0 Å². The Morgan fingerprint density at radius 3 is 2.50 bits per heavy atom. The molecule has 2 rings (SSSR count). The molecule has 0 spiro atoms. The van der Waals surface area contributed by atoms with Gasteiger partial charge in [-0.2, -0.15) is 0 Å². The zero-order chi connectivity index (χ0) is 25.5. The zero-order valence-corrected chi connectivity index (χ0v) is 21.0. The largest absolute Gasteiger partial charge is 0.497 e. The standard InChI is InChI=1S/C25H35NO8/c1-9-11-16(2)32-24(28)21-17(14-18(29-6)15-20(21)30-7)12-10-13-19-22(23(27)26(5)31-8)34-25(3,4)33-19/h1,14-16,19,22H,10-13H2,2-8H3/t16-,19-,22-/m0/s1. The molecule has 1 heterocycles. The number of amides is 1. The highest BCUT2D eigenvalue weighted by molar-refractivity contribution is 5.94. The molecule has 1 amide bonds. The molecule has 0 aromatic heterocycles. The number of methoxy groups -OCH3 is 2. The van der Waals surface area contributed by atoms with Crippen LogP contribution in [0.25, 0.3) is 0 Å². The van der Waals surface area contributed by atoms with Crippen LogP contribution in [0.5, 0.6) is 11.5 Å². The number of hydrogen-bond acceptors (Lipinski definition) is 8. The molecule has 1 aliphatic rings. The van der Waals surface area contributed by atoms with Crippen molar-refractivity contribution < 1.29 is 38.1 Å². The summed E-state index contributed by atoms with van der Waals surface area (Å²) in [5.74, 6) is 1.64. The van der Waals surface area contributed by atoms with Crippen molar-refractivity contribution in [2.45, 2.75) is 70.6 Å². The minimum Gasteiger partial charge on any atom is -0.497 e. The van der Waals surface area contributed by atoms with Crippen molar-refractivity contribution in [2.75, 3.05) is 28.4 Å². The molecule has 0 unspecified atom stereocenters. The van der Waals surface area contributed by atoms with Gasteiger partial charge in [-0.15, -0.1) is 12.3 Å². The average Bonchev–Trinajstić information content (AvgIpc) is 3.11. The van der Waals surface area contributed by atoms with Gasteiger partial charge < -0.3 is 23.7 Å². The lowest BCUT2D eigenvalue weighted by Crippen LogP contribution is -2.41. The van der Waals surface area contributed by atoms with Crippen molar-refractivity contribution in [2.24, 2.45) is 0 Å². The molecule has 34 heavy (non-hydrogen) atoms. The third-order valence-electron chi connectivity index (χ3n) is 5.48. The van der Waals surface area contributed by atoms with Gasteiger partial charge in [-0.25, -0.2) is 9.86 Å². The zero-order valence-electron chi connectivity index (χ0n) is 21.0. The molecule has 0 N–H and O–H groups in total. The molecule has 3 atom stereocenters. The number of hydrogen-bond donors (Lipinski definition) is 0. The maximum Gasteiger partial charge on any atom is 0.342 e. The summed E-state index contributed by atoms with van der Waals surface area (Å²) in [6, 6.07) is 3.42. The fraction of sp³-hybridized carbons (Fsp3) is 0.600. The van der Waals surface area contributed by atoms with Crippen molar-refractivity contribution in [3.05, 3.63) is 23.3 Å². The summed E-state index contributed by atoms with van der Waals surface area (Å²) in [5, 5.41) is 1.13. The normalized spacial score (nSPS) is 19.7. The van der Waals surface area contributed by atoms with Crippen LogP contribution in [0.15, 0.2) is 12.1 Å². The summed E-state index contributed by atoms with van der Waals surface area (Å²) in [6.45, 7) is 5.26. The Hall–Kier alpha value is -2.80. The number of hydroxylamine groups is 2. The molecule has 0 bridgehead atoms. The van der Waals surface area contributed by atoms with Crippen molar-refractivity contribution in [3.8, 4) is 23.8 Å². The first-order valence-electron chi connectivity index (χ1n) is 11.1. The van der Waals surface area contributed by atoms with Gasteiger partial charge in [0.1, 0.15) is 23.2 Å². The van der Waals surface area contributed by atoms with Crippen LogP contribution in [-0.4, -0.2) is 69.4 Å². The summed E-state index contributed by atoms with van der Waals surface area (Å²) >= 11 is 0. The number of terminal acetylenes is 1. The van der Waals surface area contributed by atoms with Crippen LogP contribution in [0, 0.1) is 12.3 Å². The summed E-state index contributed by atoms with van der Waals surface area (Å²) in [6.07, 6.45) is 5.53. The van der Waals surface area contributed by atoms with Crippen LogP contribution in [0.3, 0.4) is 0 Å². The van der Waals surface area contributed by atoms with Gasteiger partial charge in [0.05, 0.1) is 27.4 Å². The number of esters is 1. The molecule has 188 valence electrons. The van der Waals surface area contributed by atoms with Crippen LogP contribution in [0.4, 0.5) is 0 Å². The summed E-state index contributed by atoms with van der Waals surface area (Å²) in [4.78, 5) is 30.6. The van der Waals surface area contributed by atoms with E-state index >= 15 is 0 Å². The highest BCUT2D eigenvalue weighted by Crippen LogP contribution is 2.34. The third kappa shape index (κ3) is 6.86. The Kier molecular flexibility index (Phi) is 9.74. The van der Waals surface area contributed by atoms with E-state index in [1.807, 2.05) is 0 Å². The second-order valence-corrected chi connectivity index (χ2v) is 8.49. The Morgan fingerprint density at radius 1 is 1.21 bits per heavy atom. The van der Waals surface area contributed by atoms with E-state index in [2.05, 4.69) is 5.92 Å². The number of nitrogens with zero attached hydrogens (tertiary/aromatic N) is 1. The van der Waals surface area contributed by atoms with Crippen molar-refractivity contribution >= 4 is 11.9 Å². The predicted octanol–water partition coefficient (Wildman–Crippen LogP) is 3.14. The minimum atomic E-state index is -0.902. The lowest BCUT2D eigenvalue weighted by atomic mass is 9.98. The molecule has 9 nitrogen and oxygen atoms in total. The number of likely N-dealkylation sites (N-methyl/N-ethyl adjacent to an activating group) is 1. The maximum absolute atomic E-state index is 13.0. The van der Waals surface area contributed by atoms with Crippen molar-refractivity contribution in [1.82, 2.24) is 5.06 Å². The molecule has 0 saturated carbocycles. The van der Waals surface area contributed by atoms with Crippen LogP contribution >= 0.6 is 0 Å². The van der Waals surface area contributed by atoms with Crippen LogP contribution in [-0.2, 0) is 30.3 Å². The molecule has 1 aliphatic heterocycles. The van der Waals surface area contributed by atoms with E-state index < -0.39 is 30.1 Å². The maximum atomic E-state index is 13.0. The van der Waals surface area contributed by atoms with E-state index in [4.69, 9.17) is 34.9 Å². The quantitative estimate of drug-likeness (QED) is 0.273. The highest BCUT2D eigenvalue weighted by Gasteiger charge is 2.46. The van der Waals surface area contributed by atoms with Crippen molar-refractivity contribution in [1.29, 1.82) is 0 Å². The van der Waals surface area contributed by atoms with Gasteiger partial charge in [-0.05, 0) is 51.7 Å². The van der Waals surface area contributed by atoms with Gasteiger partial charge in [-0.3, -0.25) is 9.63 Å². The number of benzene rings is 1. The first kappa shape index (κ1) is 27.4. The molecule has 1 aromatic rings. The molecular formula is C25H35NO8. The molecule has 1 aromatic carbocycles. The van der Waals surface area contributed by atoms with Gasteiger partial charge in [0.25, 0.3) is 5.91 Å². The molecule has 1 fully saturated rings. The van der Waals surface area contributed by atoms with Crippen LogP contribution in [0.1, 0.15) is 56.0 Å². The fourth-order valence-corrected chi connectivity index (χ4v) is 3.82. The highest BCUT2D eigenvalue weighted by atomic mass is 16.8. The first-order chi connectivity index (χ1) is 16.1. The molecule has 0 aliphatic carbocycles. The minimum absolute atomic E-state index is 0.305. The van der Waals surface area contributed by atoms with Gasteiger partial charge in [0.2, 0.25) is 0 Å². The lowest BCUT2D eigenvalue weighted by molar-refractivity contribution is -0.187. The number of rotatable bonds is 11. The number of carbonyl (C=O) groups excluding carboxylic acids is 2. The first-order valence-corrected chi connectivity index (χ1v) is 11.1. The number of aryl methyl sites for hydroxylation is 1. The number of ether oxygens (including phenoxy) is 5. The second-order valence-electron chi connectivity index (χ2n) is 8.49. The average molecular weight is 478 g/mol. The monoisotopic (exact) mass is 477 g/mol. The van der Waals surface area contributed by atoms with E-state index in [-0.39, 0.29) is 5.91 Å². The molecular weight excluding hydrogens is 442 g/mol. The molecule has 1 saturated heterocycles. The van der Waals surface area contributed by atoms with Crippen molar-refractivity contribution in [3.63, 3.8) is 0 Å². The second kappa shape index (κ2) is 12.1. The van der Waals surface area contributed by atoms with E-state index in [1.165, 1.54) is 21.3 Å². The lowest BCUT2D eigenvalue weighted by Gasteiger charge is -2.21. The topological polar surface area (TPSA) is 92.8 Å². The summed E-state index contributed by atoms with van der Waals surface area (Å²) in [5.41, 5.74) is 1.02. The Labute approximate surface area is 201 Å². The van der Waals surface area contributed by atoms with E-state index in [1.54, 1.807) is 40.0 Å². The van der Waals surface area contributed by atoms with Crippen LogP contribution < -0.4 is 9.47 Å². The summed E-state index contributed by atoms with van der Waals surface area (Å²) in [7, 11) is 5.96. The Balaban J connectivity index is 2.22. The van der Waals surface area contributed by atoms with Gasteiger partial charge in [0, 0.05) is 19.5 Å². The molecule has 0 radical (unpaired) electrons. The van der Waals surface area contributed by atoms with E-state index in [0.29, 0.717) is 48.3 Å². The predicted molar refractivity (Wildman–Crippen MR) is 124 cm³/mol. The Bertz CT molecular complexity index is 907. The Morgan fingerprint density at radius 2 is 1.91 bits per heavy atom. The SMILES string of the molecule is C#CC[C@H](C)OC(=O)c1c(CCC[C@@H]2OC(C)(C)O[C@@H]2C(=O)N(C)OC)cc(OC)cc1OC. The van der Waals surface area contributed by atoms with Gasteiger partial charge in [0.15, 0.2) is 11.9 Å². The number of carbonyl (C=O) groups is 2. The fourth-order valence-electron chi connectivity index (χ4n) is 3.82. The van der Waals surface area contributed by atoms with E-state index in [9.17, 15) is 9.59 Å². The third-order valence-corrected chi connectivity index (χ3v) is 5.48. The van der Waals surface area contributed by atoms with E-state index in [0.717, 1.165) is 5.06 Å². The smallest absolute Gasteiger partial charge is 0.342 e.